The molecule has 4 nitrogen and oxygen atoms in total. The lowest BCUT2D eigenvalue weighted by Crippen LogP contribution is -2.44. The molecule has 0 saturated carbocycles. The van der Waals surface area contributed by atoms with Gasteiger partial charge < -0.3 is 10.2 Å². The zero-order valence-electron chi connectivity index (χ0n) is 6.32. The van der Waals surface area contributed by atoms with Gasteiger partial charge in [0.2, 0.25) is 0 Å². The van der Waals surface area contributed by atoms with Gasteiger partial charge in [0.05, 0.1) is 0 Å². The highest BCUT2D eigenvalue weighted by Crippen LogP contribution is 1.92. The van der Waals surface area contributed by atoms with E-state index in [-0.39, 0.29) is 5.75 Å². The van der Waals surface area contributed by atoms with Crippen LogP contribution in [-0.4, -0.2) is 34.2 Å². The van der Waals surface area contributed by atoms with Crippen molar-refractivity contribution >= 4 is 18.6 Å². The lowest BCUT2D eigenvalue weighted by atomic mass is 10.3. The summed E-state index contributed by atoms with van der Waals surface area (Å²) in [6.45, 7) is 1.76. The minimum Gasteiger partial charge on any atom is -0.480 e. The van der Waals surface area contributed by atoms with E-state index in [1.54, 1.807) is 6.92 Å². The van der Waals surface area contributed by atoms with Gasteiger partial charge in [-0.25, -0.2) is 0 Å². The van der Waals surface area contributed by atoms with Gasteiger partial charge in [-0.15, -0.1) is 0 Å². The third-order valence-corrected chi connectivity index (χ3v) is 1.63. The maximum Gasteiger partial charge on any atom is 0.321 e. The van der Waals surface area contributed by atoms with Crippen LogP contribution in [0.2, 0.25) is 0 Å². The normalized spacial score (nSPS) is 15.9. The van der Waals surface area contributed by atoms with Crippen molar-refractivity contribution in [1.82, 2.24) is 5.32 Å². The first-order valence-electron chi connectivity index (χ1n) is 3.39. The summed E-state index contributed by atoms with van der Waals surface area (Å²) < 4.78 is 0. The van der Waals surface area contributed by atoms with Gasteiger partial charge >= 0.3 is 5.97 Å². The highest BCUT2D eigenvalue weighted by Gasteiger charge is 2.16. The Hall–Kier alpha value is -0.260. The van der Waals surface area contributed by atoms with Crippen LogP contribution in [0.1, 0.15) is 13.3 Å². The van der Waals surface area contributed by atoms with Crippen LogP contribution >= 0.6 is 12.6 Å². The van der Waals surface area contributed by atoms with Crippen molar-refractivity contribution in [1.29, 1.82) is 0 Å². The first kappa shape index (κ1) is 10.7. The molecule has 0 radical (unpaired) electrons. The number of thiol groups is 1. The molecule has 0 aromatic rings. The van der Waals surface area contributed by atoms with Crippen molar-refractivity contribution in [2.75, 3.05) is 5.75 Å². The molecule has 0 fully saturated rings. The van der Waals surface area contributed by atoms with Gasteiger partial charge in [0.1, 0.15) is 12.3 Å². The Balaban J connectivity index is 3.77. The summed E-state index contributed by atoms with van der Waals surface area (Å²) in [5, 5.41) is 20.0. The van der Waals surface area contributed by atoms with Crippen molar-refractivity contribution in [3.05, 3.63) is 0 Å². The molecule has 0 aliphatic rings. The van der Waals surface area contributed by atoms with E-state index in [0.29, 0.717) is 6.42 Å². The molecule has 0 bridgehead atoms. The van der Waals surface area contributed by atoms with Crippen LogP contribution in [0.3, 0.4) is 0 Å². The van der Waals surface area contributed by atoms with Crippen LogP contribution in [0, 0.1) is 0 Å². The lowest BCUT2D eigenvalue weighted by Gasteiger charge is -2.15. The Labute approximate surface area is 71.0 Å². The van der Waals surface area contributed by atoms with Crippen molar-refractivity contribution in [2.45, 2.75) is 25.6 Å². The summed E-state index contributed by atoms with van der Waals surface area (Å²) in [5.41, 5.74) is 0. The monoisotopic (exact) mass is 179 g/mol. The van der Waals surface area contributed by atoms with E-state index >= 15 is 0 Å². The molecule has 3 N–H and O–H groups in total. The standard InChI is InChI=1S/C6H13NO3S/c1-2-5(8)7-4(3-11)6(9)10/h4-5,7-8,11H,2-3H2,1H3,(H,9,10)/t4-,5?/m0/s1. The number of carboxylic acid groups (broad SMARTS) is 1. The molecule has 1 unspecified atom stereocenters. The van der Waals surface area contributed by atoms with Gasteiger partial charge in [-0.1, -0.05) is 6.92 Å². The molecule has 0 aromatic carbocycles. The molecule has 2 atom stereocenters. The summed E-state index contributed by atoms with van der Waals surface area (Å²) in [7, 11) is 0. The molecular formula is C6H13NO3S. The Morgan fingerprint density at radius 3 is 2.55 bits per heavy atom. The van der Waals surface area contributed by atoms with Crippen LogP contribution in [-0.2, 0) is 4.79 Å². The van der Waals surface area contributed by atoms with Gasteiger partial charge in [-0.3, -0.25) is 10.1 Å². The third kappa shape index (κ3) is 4.23. The van der Waals surface area contributed by atoms with Crippen molar-refractivity contribution in [2.24, 2.45) is 0 Å². The highest BCUT2D eigenvalue weighted by atomic mass is 32.1. The predicted octanol–water partition coefficient (Wildman–Crippen LogP) is -0.313. The second-order valence-electron chi connectivity index (χ2n) is 2.16. The minimum atomic E-state index is -0.993. The number of rotatable bonds is 5. The largest absolute Gasteiger partial charge is 0.480 e. The first-order chi connectivity index (χ1) is 5.11. The Morgan fingerprint density at radius 2 is 2.27 bits per heavy atom. The fourth-order valence-corrected chi connectivity index (χ4v) is 0.814. The van der Waals surface area contributed by atoms with Crippen molar-refractivity contribution < 1.29 is 15.0 Å². The first-order valence-corrected chi connectivity index (χ1v) is 4.02. The summed E-state index contributed by atoms with van der Waals surface area (Å²) in [6.07, 6.45) is -0.277. The molecule has 0 aromatic heterocycles. The highest BCUT2D eigenvalue weighted by molar-refractivity contribution is 7.80. The molecular weight excluding hydrogens is 166 g/mol. The number of nitrogens with one attached hydrogen (secondary N) is 1. The van der Waals surface area contributed by atoms with E-state index in [1.165, 1.54) is 0 Å². The maximum atomic E-state index is 10.4. The van der Waals surface area contributed by atoms with Gasteiger partial charge in [-0.05, 0) is 6.42 Å². The molecule has 11 heavy (non-hydrogen) atoms. The molecule has 0 aliphatic heterocycles. The lowest BCUT2D eigenvalue weighted by molar-refractivity contribution is -0.139. The number of aliphatic carboxylic acids is 1. The van der Waals surface area contributed by atoms with Crippen molar-refractivity contribution in [3.63, 3.8) is 0 Å². The van der Waals surface area contributed by atoms with Crippen LogP contribution in [0.5, 0.6) is 0 Å². The summed E-state index contributed by atoms with van der Waals surface area (Å²) in [4.78, 5) is 10.4. The average Bonchev–Trinajstić information content (AvgIpc) is 1.99. The molecule has 0 spiro atoms. The number of aliphatic hydroxyl groups is 1. The van der Waals surface area contributed by atoms with Crippen LogP contribution in [0.25, 0.3) is 0 Å². The smallest absolute Gasteiger partial charge is 0.321 e. The minimum absolute atomic E-state index is 0.173. The van der Waals surface area contributed by atoms with E-state index < -0.39 is 18.2 Å². The molecule has 0 aliphatic carbocycles. The summed E-state index contributed by atoms with van der Waals surface area (Å²) >= 11 is 3.81. The zero-order chi connectivity index (χ0) is 8.85. The third-order valence-electron chi connectivity index (χ3n) is 1.26. The summed E-state index contributed by atoms with van der Waals surface area (Å²) in [6, 6.07) is -0.770. The second kappa shape index (κ2) is 5.40. The number of aliphatic hydroxyl groups excluding tert-OH is 1. The number of carbonyl (C=O) groups is 1. The van der Waals surface area contributed by atoms with Gasteiger partial charge in [0.15, 0.2) is 0 Å². The molecule has 0 saturated heterocycles. The second-order valence-corrected chi connectivity index (χ2v) is 2.53. The fourth-order valence-electron chi connectivity index (χ4n) is 0.552. The number of carboxylic acids is 1. The van der Waals surface area contributed by atoms with Crippen molar-refractivity contribution in [3.8, 4) is 0 Å². The molecule has 0 heterocycles. The average molecular weight is 179 g/mol. The van der Waals surface area contributed by atoms with Crippen LogP contribution in [0.15, 0.2) is 0 Å². The van der Waals surface area contributed by atoms with Gasteiger partial charge in [0.25, 0.3) is 0 Å². The summed E-state index contributed by atoms with van der Waals surface area (Å²) in [5.74, 6) is -0.820. The number of hydrogen-bond donors (Lipinski definition) is 4. The molecule has 66 valence electrons. The van der Waals surface area contributed by atoms with E-state index in [0.717, 1.165) is 0 Å². The van der Waals surface area contributed by atoms with Gasteiger partial charge in [-0.2, -0.15) is 12.6 Å². The van der Waals surface area contributed by atoms with Crippen LogP contribution in [0.4, 0.5) is 0 Å². The van der Waals surface area contributed by atoms with E-state index in [2.05, 4.69) is 17.9 Å². The Kier molecular flexibility index (Phi) is 5.27. The molecule has 5 heteroatoms. The van der Waals surface area contributed by atoms with E-state index in [4.69, 9.17) is 10.2 Å². The van der Waals surface area contributed by atoms with Crippen LogP contribution < -0.4 is 5.32 Å². The predicted molar refractivity (Wildman–Crippen MR) is 44.7 cm³/mol. The van der Waals surface area contributed by atoms with Gasteiger partial charge in [0, 0.05) is 5.75 Å². The Bertz CT molecular complexity index is 131. The quantitative estimate of drug-likeness (QED) is 0.345. The van der Waals surface area contributed by atoms with E-state index in [1.807, 2.05) is 0 Å². The molecule has 0 amide bonds. The SMILES string of the molecule is CCC(O)N[C@@H](CS)C(=O)O. The van der Waals surface area contributed by atoms with E-state index in [9.17, 15) is 4.79 Å². The Morgan fingerprint density at radius 1 is 1.73 bits per heavy atom. The molecule has 0 rings (SSSR count). The maximum absolute atomic E-state index is 10.4. The zero-order valence-corrected chi connectivity index (χ0v) is 7.21. The fraction of sp³-hybridized carbons (Fsp3) is 0.833. The number of hydrogen-bond acceptors (Lipinski definition) is 4. The topological polar surface area (TPSA) is 69.6 Å².